The molecular weight excluding hydrogens is 444 g/mol. The van der Waals surface area contributed by atoms with Crippen LogP contribution >= 0.6 is 11.6 Å². The highest BCUT2D eigenvalue weighted by molar-refractivity contribution is 6.32. The van der Waals surface area contributed by atoms with Crippen LogP contribution in [0.25, 0.3) is 11.4 Å². The van der Waals surface area contributed by atoms with E-state index in [1.54, 1.807) is 0 Å². The molecule has 0 spiro atoms. The van der Waals surface area contributed by atoms with Gasteiger partial charge in [-0.15, -0.1) is 5.10 Å². The molecule has 1 saturated heterocycles. The van der Waals surface area contributed by atoms with Crippen LogP contribution in [0.4, 0.5) is 11.8 Å². The number of aromatic nitrogens is 4. The predicted molar refractivity (Wildman–Crippen MR) is 128 cm³/mol. The lowest BCUT2D eigenvalue weighted by atomic mass is 10.1. The lowest BCUT2D eigenvalue weighted by molar-refractivity contribution is 0.264. The summed E-state index contributed by atoms with van der Waals surface area (Å²) in [7, 11) is 0. The quantitative estimate of drug-likeness (QED) is 0.377. The van der Waals surface area contributed by atoms with Gasteiger partial charge in [0, 0.05) is 30.8 Å². The molecule has 0 aliphatic carbocycles. The van der Waals surface area contributed by atoms with E-state index >= 15 is 0 Å². The molecule has 1 aromatic rings. The van der Waals surface area contributed by atoms with Crippen LogP contribution in [0.15, 0.2) is 12.1 Å². The van der Waals surface area contributed by atoms with Crippen LogP contribution < -0.4 is 10.2 Å². The van der Waals surface area contributed by atoms with Crippen molar-refractivity contribution in [1.82, 2.24) is 19.7 Å². The Hall–Kier alpha value is -2.78. The molecule has 4 rings (SSSR count). The van der Waals surface area contributed by atoms with E-state index in [1.807, 2.05) is 0 Å². The normalized spacial score (nSPS) is 16.5. The van der Waals surface area contributed by atoms with Crippen molar-refractivity contribution in [2.24, 2.45) is 0 Å². The number of fused-ring (bicyclic) bond motifs is 1. The number of nitrogens with zero attached hydrogens (tertiary/aromatic N) is 5. The molecule has 0 bridgehead atoms. The molecule has 3 heterocycles. The summed E-state index contributed by atoms with van der Waals surface area (Å²) in [6.45, 7) is 9.45. The van der Waals surface area contributed by atoms with Crippen LogP contribution in [0.1, 0.15) is 63.8 Å². The first-order valence-electron chi connectivity index (χ1n) is 11.3. The van der Waals surface area contributed by atoms with Gasteiger partial charge >= 0.3 is 0 Å². The maximum atomic E-state index is 10.3. The smallest absolute Gasteiger partial charge is 0.208 e. The van der Waals surface area contributed by atoms with Gasteiger partial charge in [-0.3, -0.25) is 0 Å². The first-order chi connectivity index (χ1) is 15.7. The Morgan fingerprint density at radius 2 is 1.91 bits per heavy atom. The van der Waals surface area contributed by atoms with Crippen LogP contribution in [-0.4, -0.2) is 54.3 Å². The molecular formula is C23H31ClN6O3. The molecule has 9 nitrogen and oxygen atoms in total. The molecule has 4 N–H and O–H groups in total. The van der Waals surface area contributed by atoms with E-state index in [-0.39, 0.29) is 47.7 Å². The Bertz CT molecular complexity index is 1120. The van der Waals surface area contributed by atoms with Crippen LogP contribution in [0.5, 0.6) is 11.5 Å². The first-order valence-corrected chi connectivity index (χ1v) is 11.7. The van der Waals surface area contributed by atoms with Gasteiger partial charge in [0.1, 0.15) is 11.5 Å². The number of halogens is 1. The maximum Gasteiger partial charge on any atom is 0.208 e. The lowest BCUT2D eigenvalue weighted by Crippen LogP contribution is -2.36. The molecule has 1 fully saturated rings. The largest absolute Gasteiger partial charge is 0.508 e. The number of anilines is 2. The Labute approximate surface area is 198 Å². The minimum Gasteiger partial charge on any atom is -0.508 e. The molecule has 0 saturated carbocycles. The Kier molecular flexibility index (Phi) is 6.54. The lowest BCUT2D eigenvalue weighted by Gasteiger charge is -2.31. The Morgan fingerprint density at radius 1 is 1.15 bits per heavy atom. The summed E-state index contributed by atoms with van der Waals surface area (Å²) in [5.74, 6) is 1.33. The van der Waals surface area contributed by atoms with Crippen molar-refractivity contribution in [2.75, 3.05) is 23.4 Å². The van der Waals surface area contributed by atoms with Gasteiger partial charge in [-0.1, -0.05) is 25.4 Å². The molecule has 1 aromatic carbocycles. The van der Waals surface area contributed by atoms with Gasteiger partial charge < -0.3 is 30.1 Å². The van der Waals surface area contributed by atoms with E-state index in [0.717, 1.165) is 36.7 Å². The van der Waals surface area contributed by atoms with Crippen LogP contribution in [0, 0.1) is 0 Å². The zero-order valence-electron chi connectivity index (χ0n) is 19.4. The number of benzene rings is 1. The van der Waals surface area contributed by atoms with Crippen LogP contribution in [0.2, 0.25) is 5.02 Å². The Balaban J connectivity index is 1.83. The number of aliphatic hydroxyl groups excluding tert-OH is 1. The van der Waals surface area contributed by atoms with Crippen molar-refractivity contribution in [3.63, 3.8) is 0 Å². The van der Waals surface area contributed by atoms with Crippen molar-refractivity contribution in [3.05, 3.63) is 28.4 Å². The highest BCUT2D eigenvalue weighted by atomic mass is 35.5. The monoisotopic (exact) mass is 474 g/mol. The van der Waals surface area contributed by atoms with Crippen molar-refractivity contribution in [3.8, 4) is 22.9 Å². The first kappa shape index (κ1) is 23.4. The molecule has 178 valence electrons. The highest BCUT2D eigenvalue weighted by Gasteiger charge is 2.33. The Morgan fingerprint density at radius 3 is 2.58 bits per heavy atom. The highest BCUT2D eigenvalue weighted by Crippen LogP contribution is 2.40. The number of hydrogen-bond acceptors (Lipinski definition) is 8. The molecule has 0 aromatic heterocycles. The number of nitrogens with one attached hydrogen (secondary N) is 1. The average Bonchev–Trinajstić information content (AvgIpc) is 3.41. The fraction of sp³-hybridized carbons (Fsp3) is 0.522. The summed E-state index contributed by atoms with van der Waals surface area (Å²) in [5, 5.41) is 42.5. The van der Waals surface area contributed by atoms with Gasteiger partial charge in [-0.25, -0.2) is 0 Å². The standard InChI is InChI=1S/C23H31ClN6O3/c1-12(2)19-21-20(28-27-19)22(25-10-14-8-18(33)16(24)9-17(14)32)26-23(30(21)13(3)4)29-7-5-6-15(29)11-31/h8-9,12-13,15,25,31-33H,5-7,10-11H2,1-4H3. The van der Waals surface area contributed by atoms with Gasteiger partial charge in [0.2, 0.25) is 5.95 Å². The summed E-state index contributed by atoms with van der Waals surface area (Å²) in [4.78, 5) is 7.11. The third kappa shape index (κ3) is 4.27. The van der Waals surface area contributed by atoms with E-state index in [9.17, 15) is 15.3 Å². The summed E-state index contributed by atoms with van der Waals surface area (Å²) in [6.07, 6.45) is 1.89. The summed E-state index contributed by atoms with van der Waals surface area (Å²) in [6, 6.07) is 2.85. The van der Waals surface area contributed by atoms with Gasteiger partial charge in [-0.2, -0.15) is 10.1 Å². The number of phenolic OH excluding ortho intramolecular Hbond substituents is 2. The third-order valence-electron chi connectivity index (χ3n) is 6.12. The van der Waals surface area contributed by atoms with Crippen molar-refractivity contribution in [1.29, 1.82) is 0 Å². The third-order valence-corrected chi connectivity index (χ3v) is 6.42. The maximum absolute atomic E-state index is 10.3. The van der Waals surface area contributed by atoms with Gasteiger partial charge in [0.15, 0.2) is 11.5 Å². The fourth-order valence-electron chi connectivity index (χ4n) is 4.43. The molecule has 0 radical (unpaired) electrons. The number of aromatic hydroxyl groups is 2. The summed E-state index contributed by atoms with van der Waals surface area (Å²) >= 11 is 5.89. The zero-order chi connectivity index (χ0) is 23.9. The summed E-state index contributed by atoms with van der Waals surface area (Å²) in [5.41, 5.74) is 2.93. The van der Waals surface area contributed by atoms with E-state index in [2.05, 4.69) is 52.7 Å². The van der Waals surface area contributed by atoms with Crippen LogP contribution in [0.3, 0.4) is 0 Å². The zero-order valence-corrected chi connectivity index (χ0v) is 20.1. The molecule has 10 heteroatoms. The number of aliphatic hydroxyl groups is 1. The van der Waals surface area contributed by atoms with E-state index < -0.39 is 0 Å². The van der Waals surface area contributed by atoms with Gasteiger partial charge in [0.25, 0.3) is 0 Å². The van der Waals surface area contributed by atoms with Crippen molar-refractivity contribution < 1.29 is 15.3 Å². The second-order valence-corrected chi connectivity index (χ2v) is 9.53. The number of hydrogen-bond donors (Lipinski definition) is 4. The predicted octanol–water partition coefficient (Wildman–Crippen LogP) is 4.12. The van der Waals surface area contributed by atoms with Crippen molar-refractivity contribution >= 4 is 23.4 Å². The molecule has 0 amide bonds. The molecule has 1 unspecified atom stereocenters. The number of phenols is 2. The molecule has 3 aliphatic heterocycles. The molecule has 33 heavy (non-hydrogen) atoms. The molecule has 3 aliphatic rings. The second kappa shape index (κ2) is 9.23. The van der Waals surface area contributed by atoms with E-state index in [1.165, 1.54) is 12.1 Å². The van der Waals surface area contributed by atoms with Crippen LogP contribution in [-0.2, 0) is 6.54 Å². The van der Waals surface area contributed by atoms with Crippen molar-refractivity contribution in [2.45, 2.75) is 65.1 Å². The molecule has 1 atom stereocenters. The van der Waals surface area contributed by atoms with Gasteiger partial charge in [0.05, 0.1) is 29.1 Å². The van der Waals surface area contributed by atoms with E-state index in [0.29, 0.717) is 17.1 Å². The topological polar surface area (TPSA) is 120 Å². The van der Waals surface area contributed by atoms with E-state index in [4.69, 9.17) is 16.6 Å². The second-order valence-electron chi connectivity index (χ2n) is 9.12. The fourth-order valence-corrected chi connectivity index (χ4v) is 4.59. The average molecular weight is 475 g/mol. The minimum atomic E-state index is -0.103. The number of rotatable bonds is 7. The SMILES string of the molecule is CC(C)c1nnc2c(NCc3cc(O)c(Cl)cc3O)nc(N3CCCC3CO)n(C(C)C)c1-2. The summed E-state index contributed by atoms with van der Waals surface area (Å²) < 4.78 is 2.16. The minimum absolute atomic E-state index is 0.00318. The van der Waals surface area contributed by atoms with Gasteiger partial charge in [-0.05, 0) is 38.7 Å².